The van der Waals surface area contributed by atoms with E-state index in [1.807, 2.05) is 36.4 Å². The molecule has 0 spiro atoms. The van der Waals surface area contributed by atoms with Crippen molar-refractivity contribution in [1.82, 2.24) is 5.32 Å². The van der Waals surface area contributed by atoms with E-state index in [2.05, 4.69) is 40.5 Å². The lowest BCUT2D eigenvalue weighted by Gasteiger charge is -2.29. The number of hydrogen-bond donors (Lipinski definition) is 1. The minimum atomic E-state index is 0.559. The van der Waals surface area contributed by atoms with Crippen molar-refractivity contribution in [3.8, 4) is 17.2 Å². The molecule has 0 saturated carbocycles. The summed E-state index contributed by atoms with van der Waals surface area (Å²) >= 11 is 0. The summed E-state index contributed by atoms with van der Waals surface area (Å²) < 4.78 is 22.0. The quantitative estimate of drug-likeness (QED) is 0.349. The van der Waals surface area contributed by atoms with Gasteiger partial charge in [0.2, 0.25) is 0 Å². The van der Waals surface area contributed by atoms with Crippen LogP contribution in [0.1, 0.15) is 36.0 Å². The molecule has 6 nitrogen and oxygen atoms in total. The Morgan fingerprint density at radius 1 is 0.763 bits per heavy atom. The summed E-state index contributed by atoms with van der Waals surface area (Å²) in [5.41, 5.74) is 5.33. The molecule has 1 N–H and O–H groups in total. The zero-order valence-corrected chi connectivity index (χ0v) is 22.9. The van der Waals surface area contributed by atoms with Gasteiger partial charge < -0.3 is 29.2 Å². The smallest absolute Gasteiger partial charge is 0.124 e. The van der Waals surface area contributed by atoms with Crippen molar-refractivity contribution in [2.45, 2.75) is 38.7 Å². The Labute approximate surface area is 227 Å². The highest BCUT2D eigenvalue weighted by atomic mass is 16.5. The average Bonchev–Trinajstić information content (AvgIpc) is 3.00. The molecule has 204 valence electrons. The predicted octanol–water partition coefficient (Wildman–Crippen LogP) is 5.66. The molecule has 6 heteroatoms. The van der Waals surface area contributed by atoms with Gasteiger partial charge in [-0.25, -0.2) is 0 Å². The number of anilines is 1. The van der Waals surface area contributed by atoms with Crippen LogP contribution in [-0.2, 0) is 24.2 Å². The Balaban J connectivity index is 0.000000232. The van der Waals surface area contributed by atoms with E-state index in [0.717, 1.165) is 55.4 Å². The molecule has 38 heavy (non-hydrogen) atoms. The molecule has 3 aromatic carbocycles. The lowest BCUT2D eigenvalue weighted by molar-refractivity contribution is 0.105. The van der Waals surface area contributed by atoms with Gasteiger partial charge in [-0.1, -0.05) is 24.3 Å². The van der Waals surface area contributed by atoms with Crippen LogP contribution in [0.5, 0.6) is 17.2 Å². The Kier molecular flexibility index (Phi) is 11.2. The number of hydrogen-bond acceptors (Lipinski definition) is 6. The second-order valence-electron chi connectivity index (χ2n) is 9.64. The molecule has 2 aliphatic rings. The summed E-state index contributed by atoms with van der Waals surface area (Å²) in [5.74, 6) is 2.78. The molecule has 0 unspecified atom stereocenters. The van der Waals surface area contributed by atoms with E-state index >= 15 is 0 Å². The fraction of sp³-hybridized carbons (Fsp3) is 0.438. The molecule has 0 bridgehead atoms. The van der Waals surface area contributed by atoms with E-state index in [4.69, 9.17) is 18.9 Å². The van der Waals surface area contributed by atoms with E-state index < -0.39 is 0 Å². The van der Waals surface area contributed by atoms with Gasteiger partial charge >= 0.3 is 0 Å². The third-order valence-corrected chi connectivity index (χ3v) is 7.03. The number of piperazine rings is 1. The Hall–Kier alpha value is -3.22. The van der Waals surface area contributed by atoms with E-state index in [0.29, 0.717) is 19.8 Å². The van der Waals surface area contributed by atoms with Crippen molar-refractivity contribution in [2.75, 3.05) is 58.5 Å². The first kappa shape index (κ1) is 27.8. The number of nitrogens with one attached hydrogen (secondary N) is 1. The van der Waals surface area contributed by atoms with Gasteiger partial charge in [-0.15, -0.1) is 0 Å². The molecule has 1 saturated heterocycles. The van der Waals surface area contributed by atoms with Crippen molar-refractivity contribution >= 4 is 5.69 Å². The van der Waals surface area contributed by atoms with Gasteiger partial charge in [-0.05, 0) is 79.3 Å². The zero-order chi connectivity index (χ0) is 26.4. The Morgan fingerprint density at radius 3 is 2.26 bits per heavy atom. The highest BCUT2D eigenvalue weighted by Crippen LogP contribution is 2.25. The van der Waals surface area contributed by atoms with Gasteiger partial charge in [0.15, 0.2) is 0 Å². The highest BCUT2D eigenvalue weighted by molar-refractivity contribution is 5.49. The fourth-order valence-corrected chi connectivity index (χ4v) is 4.87. The lowest BCUT2D eigenvalue weighted by atomic mass is 9.92. The number of nitrogens with zero attached hydrogens (tertiary/aromatic N) is 1. The van der Waals surface area contributed by atoms with Gasteiger partial charge in [-0.2, -0.15) is 0 Å². The van der Waals surface area contributed by atoms with E-state index in [1.165, 1.54) is 42.5 Å². The van der Waals surface area contributed by atoms with Crippen LogP contribution in [0.2, 0.25) is 0 Å². The predicted molar refractivity (Wildman–Crippen MR) is 154 cm³/mol. The van der Waals surface area contributed by atoms with Crippen molar-refractivity contribution in [2.24, 2.45) is 0 Å². The third kappa shape index (κ3) is 8.40. The molecule has 1 aliphatic heterocycles. The van der Waals surface area contributed by atoms with Gasteiger partial charge in [0.05, 0.1) is 34.0 Å². The first-order valence-corrected chi connectivity index (χ1v) is 13.8. The zero-order valence-electron chi connectivity index (χ0n) is 22.9. The topological polar surface area (TPSA) is 52.2 Å². The maximum atomic E-state index is 5.81. The first-order valence-electron chi connectivity index (χ1n) is 13.8. The first-order chi connectivity index (χ1) is 18.8. The van der Waals surface area contributed by atoms with Crippen molar-refractivity contribution in [1.29, 1.82) is 0 Å². The van der Waals surface area contributed by atoms with Crippen LogP contribution in [0.15, 0.2) is 66.7 Å². The monoisotopic (exact) mass is 518 g/mol. The van der Waals surface area contributed by atoms with Crippen LogP contribution in [0.25, 0.3) is 0 Å². The Bertz CT molecular complexity index is 1100. The maximum Gasteiger partial charge on any atom is 0.124 e. The van der Waals surface area contributed by atoms with Crippen LogP contribution in [0, 0.1) is 0 Å². The SMILES string of the molecule is COc1ccc2c(c1)CCCC2.COc1ccccc1COCCCOc1ccc(N2CCNCC2)cc1. The van der Waals surface area contributed by atoms with Crippen LogP contribution in [0.4, 0.5) is 5.69 Å². The number of benzene rings is 3. The van der Waals surface area contributed by atoms with Crippen molar-refractivity contribution in [3.63, 3.8) is 0 Å². The molecule has 1 fully saturated rings. The number of methoxy groups -OCH3 is 2. The third-order valence-electron chi connectivity index (χ3n) is 7.03. The van der Waals surface area contributed by atoms with Gasteiger partial charge in [0.1, 0.15) is 17.2 Å². The summed E-state index contributed by atoms with van der Waals surface area (Å²) in [6.45, 7) is 6.09. The van der Waals surface area contributed by atoms with Crippen LogP contribution < -0.4 is 24.4 Å². The summed E-state index contributed by atoms with van der Waals surface area (Å²) in [6, 6.07) is 22.7. The van der Waals surface area contributed by atoms with E-state index in [9.17, 15) is 0 Å². The van der Waals surface area contributed by atoms with Gasteiger partial charge in [0.25, 0.3) is 0 Å². The van der Waals surface area contributed by atoms with E-state index in [1.54, 1.807) is 14.2 Å². The van der Waals surface area contributed by atoms with Crippen molar-refractivity contribution in [3.05, 3.63) is 83.4 Å². The molecule has 0 aromatic heterocycles. The Morgan fingerprint density at radius 2 is 1.50 bits per heavy atom. The summed E-state index contributed by atoms with van der Waals surface area (Å²) in [7, 11) is 3.41. The molecule has 0 amide bonds. The second kappa shape index (κ2) is 15.3. The van der Waals surface area contributed by atoms with Crippen LogP contribution in [0.3, 0.4) is 0 Å². The van der Waals surface area contributed by atoms with E-state index in [-0.39, 0.29) is 0 Å². The van der Waals surface area contributed by atoms with Gasteiger partial charge in [-0.3, -0.25) is 0 Å². The fourth-order valence-electron chi connectivity index (χ4n) is 4.87. The molecule has 0 atom stereocenters. The van der Waals surface area contributed by atoms with Crippen LogP contribution in [-0.4, -0.2) is 53.6 Å². The lowest BCUT2D eigenvalue weighted by Crippen LogP contribution is -2.43. The molecular formula is C32H42N2O4. The second-order valence-corrected chi connectivity index (χ2v) is 9.64. The number of fused-ring (bicyclic) bond motifs is 1. The number of rotatable bonds is 10. The number of para-hydroxylation sites is 1. The van der Waals surface area contributed by atoms with Gasteiger partial charge in [0, 0.05) is 43.9 Å². The average molecular weight is 519 g/mol. The molecule has 1 aliphatic carbocycles. The number of aryl methyl sites for hydroxylation is 2. The maximum absolute atomic E-state index is 5.81. The minimum absolute atomic E-state index is 0.559. The minimum Gasteiger partial charge on any atom is -0.497 e. The summed E-state index contributed by atoms with van der Waals surface area (Å²) in [6.07, 6.45) is 6.01. The summed E-state index contributed by atoms with van der Waals surface area (Å²) in [4.78, 5) is 2.39. The largest absolute Gasteiger partial charge is 0.497 e. The highest BCUT2D eigenvalue weighted by Gasteiger charge is 2.10. The molecule has 1 heterocycles. The number of ether oxygens (including phenoxy) is 4. The van der Waals surface area contributed by atoms with Crippen LogP contribution >= 0.6 is 0 Å². The van der Waals surface area contributed by atoms with Crippen molar-refractivity contribution < 1.29 is 18.9 Å². The molecule has 3 aromatic rings. The molecular weight excluding hydrogens is 476 g/mol. The molecule has 0 radical (unpaired) electrons. The molecule has 5 rings (SSSR count). The normalized spacial score (nSPS) is 14.6. The standard InChI is InChI=1S/C21H28N2O3.C11H14O/c1-24-21-6-3-2-5-18(21)17-25-15-4-16-26-20-9-7-19(8-10-20)23-13-11-22-12-14-23;1-12-11-7-6-9-4-2-3-5-10(9)8-11/h2-3,5-10,22H,4,11-17H2,1H3;6-8H,2-5H2,1H3. The summed E-state index contributed by atoms with van der Waals surface area (Å²) in [5, 5.41) is 3.37.